The van der Waals surface area contributed by atoms with Gasteiger partial charge in [-0.1, -0.05) is 36.4 Å². The molecule has 0 bridgehead atoms. The summed E-state index contributed by atoms with van der Waals surface area (Å²) < 4.78 is 0. The van der Waals surface area contributed by atoms with Gasteiger partial charge in [0.15, 0.2) is 0 Å². The summed E-state index contributed by atoms with van der Waals surface area (Å²) in [6.07, 6.45) is 3.69. The summed E-state index contributed by atoms with van der Waals surface area (Å²) in [6.45, 7) is 4.37. The number of carbonyl (C=O) groups is 1. The number of carbonyl (C=O) groups excluding carboxylic acids is 1. The molecule has 2 aliphatic rings. The van der Waals surface area contributed by atoms with Gasteiger partial charge in [0.1, 0.15) is 5.82 Å². The number of hydrogen-bond donors (Lipinski definition) is 2. The Labute approximate surface area is 173 Å². The van der Waals surface area contributed by atoms with Crippen LogP contribution >= 0.6 is 0 Å². The van der Waals surface area contributed by atoms with Crippen molar-refractivity contribution in [1.29, 1.82) is 0 Å². The molecule has 2 amide bonds. The van der Waals surface area contributed by atoms with Gasteiger partial charge in [0.2, 0.25) is 0 Å². The van der Waals surface area contributed by atoms with Crippen LogP contribution in [0.25, 0.3) is 0 Å². The first kappa shape index (κ1) is 19.7. The monoisotopic (exact) mass is 393 g/mol. The van der Waals surface area contributed by atoms with E-state index in [1.54, 1.807) is 6.20 Å². The van der Waals surface area contributed by atoms with Crippen molar-refractivity contribution in [3.63, 3.8) is 0 Å². The number of nitrogens with one attached hydrogen (secondary N) is 2. The van der Waals surface area contributed by atoms with Crippen molar-refractivity contribution in [3.8, 4) is 0 Å². The molecule has 2 aromatic rings. The van der Waals surface area contributed by atoms with Crippen molar-refractivity contribution in [3.05, 3.63) is 60.3 Å². The van der Waals surface area contributed by atoms with E-state index in [-0.39, 0.29) is 6.03 Å². The van der Waals surface area contributed by atoms with Gasteiger partial charge in [-0.05, 0) is 43.5 Å². The van der Waals surface area contributed by atoms with E-state index < -0.39 is 0 Å². The Kier molecular flexibility index (Phi) is 6.30. The normalized spacial score (nSPS) is 23.1. The van der Waals surface area contributed by atoms with Crippen LogP contribution in [0.4, 0.5) is 10.6 Å². The van der Waals surface area contributed by atoms with E-state index in [0.717, 1.165) is 51.4 Å². The molecule has 2 N–H and O–H groups in total. The first-order valence-electron chi connectivity index (χ1n) is 10.6. The van der Waals surface area contributed by atoms with Gasteiger partial charge in [0.05, 0.1) is 0 Å². The lowest BCUT2D eigenvalue weighted by Crippen LogP contribution is -2.48. The Morgan fingerprint density at radius 1 is 1.07 bits per heavy atom. The van der Waals surface area contributed by atoms with E-state index in [0.29, 0.717) is 17.9 Å². The molecule has 2 fully saturated rings. The van der Waals surface area contributed by atoms with E-state index in [2.05, 4.69) is 57.9 Å². The van der Waals surface area contributed by atoms with E-state index in [9.17, 15) is 4.79 Å². The maximum absolute atomic E-state index is 12.7. The lowest BCUT2D eigenvalue weighted by molar-refractivity contribution is 0.181. The third-order valence-electron chi connectivity index (χ3n) is 6.17. The van der Waals surface area contributed by atoms with Gasteiger partial charge < -0.3 is 20.4 Å². The topological polar surface area (TPSA) is 60.5 Å². The summed E-state index contributed by atoms with van der Waals surface area (Å²) in [5, 5.41) is 6.68. The average Bonchev–Trinajstić information content (AvgIpc) is 3.14. The zero-order chi connectivity index (χ0) is 20.1. The lowest BCUT2D eigenvalue weighted by atomic mass is 9.89. The Morgan fingerprint density at radius 3 is 2.55 bits per heavy atom. The fraction of sp³-hybridized carbons (Fsp3) is 0.478. The van der Waals surface area contributed by atoms with Crippen LogP contribution in [0, 0.1) is 5.92 Å². The van der Waals surface area contributed by atoms with Gasteiger partial charge in [-0.3, -0.25) is 0 Å². The first-order valence-corrected chi connectivity index (χ1v) is 10.6. The molecule has 2 aliphatic heterocycles. The minimum Gasteiger partial charge on any atom is -0.367 e. The lowest BCUT2D eigenvalue weighted by Gasteiger charge is -2.33. The highest BCUT2D eigenvalue weighted by Crippen LogP contribution is 2.31. The summed E-state index contributed by atoms with van der Waals surface area (Å²) in [7, 11) is 2.16. The molecule has 3 heterocycles. The quantitative estimate of drug-likeness (QED) is 0.820. The number of pyridine rings is 1. The van der Waals surface area contributed by atoms with Crippen molar-refractivity contribution in [2.24, 2.45) is 5.92 Å². The second kappa shape index (κ2) is 9.27. The van der Waals surface area contributed by atoms with Gasteiger partial charge >= 0.3 is 6.03 Å². The van der Waals surface area contributed by atoms with Crippen LogP contribution in [-0.4, -0.2) is 66.6 Å². The molecule has 4 rings (SSSR count). The minimum atomic E-state index is 0.0719. The molecule has 6 heteroatoms. The van der Waals surface area contributed by atoms with Crippen LogP contribution in [0.15, 0.2) is 54.7 Å². The van der Waals surface area contributed by atoms with Crippen molar-refractivity contribution < 1.29 is 4.79 Å². The van der Waals surface area contributed by atoms with Crippen LogP contribution in [-0.2, 0) is 0 Å². The molecule has 2 atom stereocenters. The Bertz CT molecular complexity index is 776. The zero-order valence-corrected chi connectivity index (χ0v) is 17.1. The number of hydrogen-bond acceptors (Lipinski definition) is 4. The van der Waals surface area contributed by atoms with Gasteiger partial charge in [-0.15, -0.1) is 0 Å². The zero-order valence-electron chi connectivity index (χ0n) is 17.1. The van der Waals surface area contributed by atoms with Crippen LogP contribution in [0.5, 0.6) is 0 Å². The maximum Gasteiger partial charge on any atom is 0.317 e. The SMILES string of the molecule is CN1C[C@@H](CNC(=O)N2CCC(Nc3ccccn3)CC2)[C@H](c2ccccc2)C1. The number of aromatic nitrogens is 1. The number of anilines is 1. The number of nitrogens with zero attached hydrogens (tertiary/aromatic N) is 3. The highest BCUT2D eigenvalue weighted by atomic mass is 16.2. The molecule has 2 saturated heterocycles. The molecular formula is C23H31N5O. The molecule has 0 unspecified atom stereocenters. The molecule has 29 heavy (non-hydrogen) atoms. The first-order chi connectivity index (χ1) is 14.2. The Hall–Kier alpha value is -2.60. The molecule has 1 aromatic carbocycles. The number of rotatable bonds is 5. The number of urea groups is 1. The molecule has 0 spiro atoms. The number of likely N-dealkylation sites (N-methyl/N-ethyl adjacent to an activating group) is 1. The Morgan fingerprint density at radius 2 is 1.83 bits per heavy atom. The van der Waals surface area contributed by atoms with Crippen LogP contribution < -0.4 is 10.6 Å². The predicted molar refractivity (Wildman–Crippen MR) is 116 cm³/mol. The van der Waals surface area contributed by atoms with Gasteiger partial charge in [0, 0.05) is 50.9 Å². The van der Waals surface area contributed by atoms with Crippen molar-refractivity contribution in [2.75, 3.05) is 45.1 Å². The van der Waals surface area contributed by atoms with E-state index in [1.165, 1.54) is 5.56 Å². The highest BCUT2D eigenvalue weighted by molar-refractivity contribution is 5.74. The molecule has 1 aromatic heterocycles. The van der Waals surface area contributed by atoms with Gasteiger partial charge in [-0.2, -0.15) is 0 Å². The number of piperidine rings is 1. The fourth-order valence-corrected chi connectivity index (χ4v) is 4.59. The van der Waals surface area contributed by atoms with E-state index >= 15 is 0 Å². The third kappa shape index (κ3) is 5.07. The molecule has 6 nitrogen and oxygen atoms in total. The van der Waals surface area contributed by atoms with Crippen molar-refractivity contribution >= 4 is 11.8 Å². The van der Waals surface area contributed by atoms with Crippen molar-refractivity contribution in [1.82, 2.24) is 20.1 Å². The summed E-state index contributed by atoms with van der Waals surface area (Å²) >= 11 is 0. The van der Waals surface area contributed by atoms with Crippen molar-refractivity contribution in [2.45, 2.75) is 24.8 Å². The largest absolute Gasteiger partial charge is 0.367 e. The summed E-state index contributed by atoms with van der Waals surface area (Å²) in [5.41, 5.74) is 1.37. The number of amides is 2. The van der Waals surface area contributed by atoms with E-state index in [1.807, 2.05) is 23.1 Å². The van der Waals surface area contributed by atoms with Gasteiger partial charge in [0.25, 0.3) is 0 Å². The number of likely N-dealkylation sites (tertiary alicyclic amines) is 2. The predicted octanol–water partition coefficient (Wildman–Crippen LogP) is 3.01. The fourth-order valence-electron chi connectivity index (χ4n) is 4.59. The molecule has 0 saturated carbocycles. The second-order valence-corrected chi connectivity index (χ2v) is 8.31. The summed E-state index contributed by atoms with van der Waals surface area (Å²) in [6, 6.07) is 17.0. The Balaban J connectivity index is 1.25. The number of benzene rings is 1. The standard InChI is InChI=1S/C23H31N5O/c1-27-16-19(21(17-27)18-7-3-2-4-8-18)15-25-23(29)28-13-10-20(11-14-28)26-22-9-5-6-12-24-22/h2-9,12,19-21H,10-11,13-17H2,1H3,(H,24,26)(H,25,29)/t19-,21+/m1/s1. The van der Waals surface area contributed by atoms with Gasteiger partial charge in [-0.25, -0.2) is 9.78 Å². The summed E-state index contributed by atoms with van der Waals surface area (Å²) in [4.78, 5) is 21.4. The maximum atomic E-state index is 12.7. The molecule has 154 valence electrons. The average molecular weight is 394 g/mol. The van der Waals surface area contributed by atoms with Crippen LogP contribution in [0.3, 0.4) is 0 Å². The summed E-state index contributed by atoms with van der Waals surface area (Å²) in [5.74, 6) is 1.84. The molecule has 0 radical (unpaired) electrons. The minimum absolute atomic E-state index is 0.0719. The molecular weight excluding hydrogens is 362 g/mol. The van der Waals surface area contributed by atoms with E-state index in [4.69, 9.17) is 0 Å². The highest BCUT2D eigenvalue weighted by Gasteiger charge is 2.32. The van der Waals surface area contributed by atoms with Crippen LogP contribution in [0.1, 0.15) is 24.3 Å². The molecule has 0 aliphatic carbocycles. The third-order valence-corrected chi connectivity index (χ3v) is 6.17. The smallest absolute Gasteiger partial charge is 0.317 e. The van der Waals surface area contributed by atoms with Crippen LogP contribution in [0.2, 0.25) is 0 Å². The second-order valence-electron chi connectivity index (χ2n) is 8.31.